The smallest absolute Gasteiger partial charge is 0.253 e. The lowest BCUT2D eigenvalue weighted by Crippen LogP contribution is -2.40. The first-order valence-corrected chi connectivity index (χ1v) is 10.2. The van der Waals surface area contributed by atoms with Gasteiger partial charge in [0.15, 0.2) is 0 Å². The molecule has 0 atom stereocenters. The van der Waals surface area contributed by atoms with Gasteiger partial charge in [-0.3, -0.25) is 4.79 Å². The number of methoxy groups -OCH3 is 1. The molecule has 0 saturated carbocycles. The van der Waals surface area contributed by atoms with Gasteiger partial charge in [0.2, 0.25) is 0 Å². The first-order valence-electron chi connectivity index (χ1n) is 9.20. The Morgan fingerprint density at radius 1 is 1.19 bits per heavy atom. The molecule has 1 saturated heterocycles. The Hall–Kier alpha value is -2.31. The lowest BCUT2D eigenvalue weighted by molar-refractivity contribution is 0.0351. The Morgan fingerprint density at radius 2 is 1.96 bits per heavy atom. The highest BCUT2D eigenvalue weighted by Gasteiger charge is 2.23. The van der Waals surface area contributed by atoms with Crippen LogP contribution in [0.5, 0.6) is 0 Å². The molecule has 0 N–H and O–H groups in total. The van der Waals surface area contributed by atoms with Crippen molar-refractivity contribution in [3.8, 4) is 0 Å². The van der Waals surface area contributed by atoms with Gasteiger partial charge < -0.3 is 14.0 Å². The van der Waals surface area contributed by atoms with E-state index in [1.54, 1.807) is 18.9 Å². The maximum absolute atomic E-state index is 12.7. The van der Waals surface area contributed by atoms with E-state index in [-0.39, 0.29) is 12.0 Å². The van der Waals surface area contributed by atoms with Crippen LogP contribution in [0.2, 0.25) is 0 Å². The quantitative estimate of drug-likeness (QED) is 0.630. The zero-order valence-corrected chi connectivity index (χ0v) is 16.2. The van der Waals surface area contributed by atoms with Crippen molar-refractivity contribution < 1.29 is 9.53 Å². The van der Waals surface area contributed by atoms with Crippen LogP contribution in [0.4, 0.5) is 0 Å². The van der Waals surface area contributed by atoms with E-state index in [0.29, 0.717) is 0 Å². The highest BCUT2D eigenvalue weighted by molar-refractivity contribution is 7.98. The summed E-state index contributed by atoms with van der Waals surface area (Å²) in [6.07, 6.45) is 6.17. The summed E-state index contributed by atoms with van der Waals surface area (Å²) in [5, 5.41) is 0. The minimum absolute atomic E-state index is 0.112. The van der Waals surface area contributed by atoms with Crippen molar-refractivity contribution >= 4 is 23.3 Å². The molecule has 1 amide bonds. The number of ether oxygens (including phenoxy) is 1. The molecule has 3 aromatic rings. The molecular formula is C21H23N3O2S. The molecular weight excluding hydrogens is 358 g/mol. The summed E-state index contributed by atoms with van der Waals surface area (Å²) in [5.74, 6) is 0.918. The van der Waals surface area contributed by atoms with E-state index < -0.39 is 0 Å². The third kappa shape index (κ3) is 4.17. The van der Waals surface area contributed by atoms with E-state index >= 15 is 0 Å². The van der Waals surface area contributed by atoms with Gasteiger partial charge >= 0.3 is 0 Å². The van der Waals surface area contributed by atoms with Crippen LogP contribution in [0.25, 0.3) is 5.65 Å². The van der Waals surface area contributed by atoms with E-state index in [9.17, 15) is 4.79 Å². The summed E-state index contributed by atoms with van der Waals surface area (Å²) in [6.45, 7) is 1.53. The molecule has 4 rings (SSSR count). The monoisotopic (exact) mass is 381 g/mol. The van der Waals surface area contributed by atoms with Gasteiger partial charge in [0.25, 0.3) is 5.91 Å². The second kappa shape index (κ2) is 8.15. The number of amides is 1. The SMILES string of the molecule is COC1CCN(C(=O)c2ccc(SCc3cn4ccccc4n3)cc2)CC1. The zero-order valence-electron chi connectivity index (χ0n) is 15.4. The van der Waals surface area contributed by atoms with Crippen LogP contribution >= 0.6 is 11.8 Å². The summed E-state index contributed by atoms with van der Waals surface area (Å²) >= 11 is 1.73. The van der Waals surface area contributed by atoms with Gasteiger partial charge in [-0.2, -0.15) is 0 Å². The maximum atomic E-state index is 12.7. The van der Waals surface area contributed by atoms with Gasteiger partial charge in [-0.15, -0.1) is 11.8 Å². The maximum Gasteiger partial charge on any atom is 0.253 e. The van der Waals surface area contributed by atoms with Gasteiger partial charge in [-0.25, -0.2) is 4.98 Å². The number of carbonyl (C=O) groups excluding carboxylic acids is 1. The number of nitrogens with zero attached hydrogens (tertiary/aromatic N) is 3. The van der Waals surface area contributed by atoms with E-state index in [1.165, 1.54) is 0 Å². The molecule has 1 aliphatic rings. The van der Waals surface area contributed by atoms with Crippen LogP contribution in [0.1, 0.15) is 28.9 Å². The molecule has 5 nitrogen and oxygen atoms in total. The highest BCUT2D eigenvalue weighted by Crippen LogP contribution is 2.24. The van der Waals surface area contributed by atoms with Crippen molar-refractivity contribution in [2.45, 2.75) is 29.6 Å². The number of imidazole rings is 1. The minimum Gasteiger partial charge on any atom is -0.381 e. The van der Waals surface area contributed by atoms with Gasteiger partial charge in [0, 0.05) is 48.8 Å². The van der Waals surface area contributed by atoms with Gasteiger partial charge in [0.1, 0.15) is 5.65 Å². The van der Waals surface area contributed by atoms with E-state index in [1.807, 2.05) is 58.0 Å². The number of carbonyl (C=O) groups is 1. The van der Waals surface area contributed by atoms with E-state index in [0.717, 1.165) is 53.5 Å². The fraction of sp³-hybridized carbons (Fsp3) is 0.333. The predicted octanol–water partition coefficient (Wildman–Crippen LogP) is 3.88. The third-order valence-electron chi connectivity index (χ3n) is 4.96. The Labute approximate surface area is 163 Å². The molecule has 6 heteroatoms. The summed E-state index contributed by atoms with van der Waals surface area (Å²) in [7, 11) is 1.74. The third-order valence-corrected chi connectivity index (χ3v) is 6.01. The van der Waals surface area contributed by atoms with Crippen molar-refractivity contribution in [2.75, 3.05) is 20.2 Å². The largest absolute Gasteiger partial charge is 0.381 e. The molecule has 0 aliphatic carbocycles. The molecule has 0 spiro atoms. The number of rotatable bonds is 5. The normalized spacial score (nSPS) is 15.4. The topological polar surface area (TPSA) is 46.8 Å². The number of pyridine rings is 1. The molecule has 1 fully saturated rings. The number of hydrogen-bond acceptors (Lipinski definition) is 4. The van der Waals surface area contributed by atoms with Gasteiger partial charge in [-0.05, 0) is 49.2 Å². The van der Waals surface area contributed by atoms with Crippen molar-refractivity contribution in [3.05, 3.63) is 66.1 Å². The minimum atomic E-state index is 0.112. The number of piperidine rings is 1. The number of hydrogen-bond donors (Lipinski definition) is 0. The zero-order chi connectivity index (χ0) is 18.6. The fourth-order valence-electron chi connectivity index (χ4n) is 3.38. The van der Waals surface area contributed by atoms with Crippen LogP contribution in [0.3, 0.4) is 0 Å². The predicted molar refractivity (Wildman–Crippen MR) is 107 cm³/mol. The molecule has 0 bridgehead atoms. The van der Waals surface area contributed by atoms with Crippen LogP contribution in [0, 0.1) is 0 Å². The summed E-state index contributed by atoms with van der Waals surface area (Å²) in [5.41, 5.74) is 2.77. The summed E-state index contributed by atoms with van der Waals surface area (Å²) in [6, 6.07) is 13.9. The average molecular weight is 382 g/mol. The summed E-state index contributed by atoms with van der Waals surface area (Å²) in [4.78, 5) is 20.3. The molecule has 0 unspecified atom stereocenters. The lowest BCUT2D eigenvalue weighted by Gasteiger charge is -2.31. The standard InChI is InChI=1S/C21H23N3O2S/c1-26-18-9-12-23(13-10-18)21(25)16-5-7-19(8-6-16)27-15-17-14-24-11-3-2-4-20(24)22-17/h2-8,11,14,18H,9-10,12-13,15H2,1H3. The molecule has 1 aliphatic heterocycles. The van der Waals surface area contributed by atoms with Gasteiger partial charge in [-0.1, -0.05) is 6.07 Å². The van der Waals surface area contributed by atoms with Crippen molar-refractivity contribution in [3.63, 3.8) is 0 Å². The number of likely N-dealkylation sites (tertiary alicyclic amines) is 1. The highest BCUT2D eigenvalue weighted by atomic mass is 32.2. The van der Waals surface area contributed by atoms with Crippen molar-refractivity contribution in [1.82, 2.24) is 14.3 Å². The lowest BCUT2D eigenvalue weighted by atomic mass is 10.1. The second-order valence-corrected chi connectivity index (χ2v) is 7.79. The molecule has 140 valence electrons. The van der Waals surface area contributed by atoms with Crippen molar-refractivity contribution in [2.24, 2.45) is 0 Å². The average Bonchev–Trinajstić information content (AvgIpc) is 3.15. The molecule has 1 aromatic carbocycles. The molecule has 0 radical (unpaired) electrons. The van der Waals surface area contributed by atoms with E-state index in [4.69, 9.17) is 4.74 Å². The summed E-state index contributed by atoms with van der Waals surface area (Å²) < 4.78 is 7.41. The van der Waals surface area contributed by atoms with Crippen LogP contribution in [-0.4, -0.2) is 46.5 Å². The first-order chi connectivity index (χ1) is 13.2. The van der Waals surface area contributed by atoms with Crippen LogP contribution in [-0.2, 0) is 10.5 Å². The van der Waals surface area contributed by atoms with Crippen LogP contribution in [0.15, 0.2) is 59.8 Å². The number of aromatic nitrogens is 2. The number of thioether (sulfide) groups is 1. The first kappa shape index (κ1) is 18.1. The Kier molecular flexibility index (Phi) is 5.45. The fourth-order valence-corrected chi connectivity index (χ4v) is 4.17. The number of fused-ring (bicyclic) bond motifs is 1. The second-order valence-electron chi connectivity index (χ2n) is 6.74. The van der Waals surface area contributed by atoms with E-state index in [2.05, 4.69) is 11.2 Å². The van der Waals surface area contributed by atoms with Crippen molar-refractivity contribution in [1.29, 1.82) is 0 Å². The Balaban J connectivity index is 1.35. The van der Waals surface area contributed by atoms with Crippen LogP contribution < -0.4 is 0 Å². The number of benzene rings is 1. The van der Waals surface area contributed by atoms with Gasteiger partial charge in [0.05, 0.1) is 11.8 Å². The Morgan fingerprint density at radius 3 is 2.67 bits per heavy atom. The molecule has 3 heterocycles. The molecule has 2 aromatic heterocycles. The molecule has 27 heavy (non-hydrogen) atoms. The Bertz CT molecular complexity index is 882.